The molecule has 0 saturated heterocycles. The maximum atomic E-state index is 11.7. The van der Waals surface area contributed by atoms with E-state index in [2.05, 4.69) is 20.8 Å². The predicted molar refractivity (Wildman–Crippen MR) is 67.9 cm³/mol. The third-order valence-corrected chi connectivity index (χ3v) is 3.14. The van der Waals surface area contributed by atoms with Gasteiger partial charge in [-0.05, 0) is 43.4 Å². The minimum Gasteiger partial charge on any atom is -0.324 e. The number of aryl methyl sites for hydroxylation is 1. The van der Waals surface area contributed by atoms with Crippen LogP contribution in [-0.2, 0) is 6.42 Å². The SMILES string of the molecule is CCCCc1c(C(=O)CN)ccc(C)c1C. The molecule has 0 fully saturated rings. The molecule has 0 aliphatic rings. The second-order valence-corrected chi connectivity index (χ2v) is 4.26. The van der Waals surface area contributed by atoms with Crippen molar-refractivity contribution in [2.45, 2.75) is 40.0 Å². The maximum Gasteiger partial charge on any atom is 0.176 e. The molecular weight excluding hydrogens is 198 g/mol. The van der Waals surface area contributed by atoms with Crippen molar-refractivity contribution in [1.29, 1.82) is 0 Å². The minimum atomic E-state index is 0.0502. The Kier molecular flexibility index (Phi) is 4.69. The van der Waals surface area contributed by atoms with Gasteiger partial charge in [0.25, 0.3) is 0 Å². The van der Waals surface area contributed by atoms with Crippen molar-refractivity contribution in [3.63, 3.8) is 0 Å². The lowest BCUT2D eigenvalue weighted by atomic mass is 9.92. The van der Waals surface area contributed by atoms with Gasteiger partial charge in [-0.15, -0.1) is 0 Å². The number of hydrogen-bond donors (Lipinski definition) is 1. The molecule has 2 heteroatoms. The second kappa shape index (κ2) is 5.80. The highest BCUT2D eigenvalue weighted by molar-refractivity contribution is 5.99. The number of carbonyl (C=O) groups excluding carboxylic acids is 1. The largest absolute Gasteiger partial charge is 0.324 e. The van der Waals surface area contributed by atoms with Crippen molar-refractivity contribution in [2.24, 2.45) is 5.73 Å². The molecule has 1 aromatic carbocycles. The molecule has 2 N–H and O–H groups in total. The van der Waals surface area contributed by atoms with Crippen molar-refractivity contribution in [3.05, 3.63) is 34.4 Å². The smallest absolute Gasteiger partial charge is 0.176 e. The van der Waals surface area contributed by atoms with Crippen LogP contribution < -0.4 is 5.73 Å². The normalized spacial score (nSPS) is 10.5. The summed E-state index contributed by atoms with van der Waals surface area (Å²) in [5, 5.41) is 0. The van der Waals surface area contributed by atoms with Crippen LogP contribution in [-0.4, -0.2) is 12.3 Å². The standard InChI is InChI=1S/C14H21NO/c1-4-5-6-12-11(3)10(2)7-8-13(12)14(16)9-15/h7-8H,4-6,9,15H2,1-3H3. The van der Waals surface area contributed by atoms with Crippen LogP contribution >= 0.6 is 0 Å². The zero-order chi connectivity index (χ0) is 12.1. The van der Waals surface area contributed by atoms with Crippen LogP contribution in [0.1, 0.15) is 46.8 Å². The summed E-state index contributed by atoms with van der Waals surface area (Å²) in [5.74, 6) is 0.0502. The summed E-state index contributed by atoms with van der Waals surface area (Å²) in [5.41, 5.74) is 9.94. The average Bonchev–Trinajstić information content (AvgIpc) is 2.30. The van der Waals surface area contributed by atoms with Crippen LogP contribution in [0.5, 0.6) is 0 Å². The first-order valence-electron chi connectivity index (χ1n) is 5.94. The monoisotopic (exact) mass is 219 g/mol. The van der Waals surface area contributed by atoms with Crippen molar-refractivity contribution >= 4 is 5.78 Å². The van der Waals surface area contributed by atoms with Gasteiger partial charge in [0.15, 0.2) is 5.78 Å². The van der Waals surface area contributed by atoms with Gasteiger partial charge in [0, 0.05) is 5.56 Å². The van der Waals surface area contributed by atoms with Crippen molar-refractivity contribution in [3.8, 4) is 0 Å². The summed E-state index contributed by atoms with van der Waals surface area (Å²) in [6.45, 7) is 6.44. The van der Waals surface area contributed by atoms with Gasteiger partial charge in [-0.2, -0.15) is 0 Å². The molecule has 0 aromatic heterocycles. The molecule has 0 aliphatic carbocycles. The van der Waals surface area contributed by atoms with Crippen LogP contribution in [0.2, 0.25) is 0 Å². The van der Waals surface area contributed by atoms with Gasteiger partial charge in [0.05, 0.1) is 6.54 Å². The number of hydrogen-bond acceptors (Lipinski definition) is 2. The Balaban J connectivity index is 3.16. The molecule has 0 unspecified atom stereocenters. The van der Waals surface area contributed by atoms with E-state index in [-0.39, 0.29) is 12.3 Å². The molecule has 0 spiro atoms. The molecule has 0 amide bonds. The van der Waals surface area contributed by atoms with Gasteiger partial charge in [0.1, 0.15) is 0 Å². The Labute approximate surface area is 97.9 Å². The number of ketones is 1. The fraction of sp³-hybridized carbons (Fsp3) is 0.500. The summed E-state index contributed by atoms with van der Waals surface area (Å²) in [4.78, 5) is 11.7. The van der Waals surface area contributed by atoms with E-state index < -0.39 is 0 Å². The number of nitrogens with two attached hydrogens (primary N) is 1. The van der Waals surface area contributed by atoms with Crippen LogP contribution in [0.25, 0.3) is 0 Å². The number of benzene rings is 1. The first-order valence-corrected chi connectivity index (χ1v) is 5.94. The minimum absolute atomic E-state index is 0.0502. The zero-order valence-electron chi connectivity index (χ0n) is 10.5. The van der Waals surface area contributed by atoms with E-state index in [4.69, 9.17) is 5.73 Å². The van der Waals surface area contributed by atoms with Gasteiger partial charge in [-0.1, -0.05) is 25.5 Å². The third-order valence-electron chi connectivity index (χ3n) is 3.14. The molecule has 0 aliphatic heterocycles. The first-order chi connectivity index (χ1) is 7.61. The maximum absolute atomic E-state index is 11.7. The van der Waals surface area contributed by atoms with E-state index in [0.29, 0.717) is 0 Å². The molecule has 88 valence electrons. The summed E-state index contributed by atoms with van der Waals surface area (Å²) in [6.07, 6.45) is 3.24. The Hall–Kier alpha value is -1.15. The van der Waals surface area contributed by atoms with Gasteiger partial charge in [-0.25, -0.2) is 0 Å². The lowest BCUT2D eigenvalue weighted by Crippen LogP contribution is -2.16. The quantitative estimate of drug-likeness (QED) is 0.774. The molecule has 0 radical (unpaired) electrons. The van der Waals surface area contributed by atoms with Crippen LogP contribution in [0.15, 0.2) is 12.1 Å². The Morgan fingerprint density at radius 2 is 2.00 bits per heavy atom. The van der Waals surface area contributed by atoms with Gasteiger partial charge in [0.2, 0.25) is 0 Å². The van der Waals surface area contributed by atoms with E-state index in [0.717, 1.165) is 24.8 Å². The van der Waals surface area contributed by atoms with Crippen molar-refractivity contribution in [1.82, 2.24) is 0 Å². The van der Waals surface area contributed by atoms with Crippen LogP contribution in [0, 0.1) is 13.8 Å². The molecule has 0 atom stereocenters. The molecule has 2 nitrogen and oxygen atoms in total. The zero-order valence-corrected chi connectivity index (χ0v) is 10.5. The Morgan fingerprint density at radius 1 is 1.31 bits per heavy atom. The summed E-state index contributed by atoms with van der Waals surface area (Å²) >= 11 is 0. The lowest BCUT2D eigenvalue weighted by Gasteiger charge is -2.13. The summed E-state index contributed by atoms with van der Waals surface area (Å²) < 4.78 is 0. The molecule has 0 saturated carbocycles. The molecule has 1 rings (SSSR count). The Bertz CT molecular complexity index is 383. The summed E-state index contributed by atoms with van der Waals surface area (Å²) in [7, 11) is 0. The first kappa shape index (κ1) is 12.9. The molecule has 1 aromatic rings. The van der Waals surface area contributed by atoms with E-state index in [9.17, 15) is 4.79 Å². The van der Waals surface area contributed by atoms with Crippen LogP contribution in [0.3, 0.4) is 0 Å². The topological polar surface area (TPSA) is 43.1 Å². The van der Waals surface area contributed by atoms with Gasteiger partial charge < -0.3 is 5.73 Å². The molecule has 16 heavy (non-hydrogen) atoms. The average molecular weight is 219 g/mol. The van der Waals surface area contributed by atoms with Crippen molar-refractivity contribution in [2.75, 3.05) is 6.54 Å². The fourth-order valence-corrected chi connectivity index (χ4v) is 1.92. The number of rotatable bonds is 5. The number of unbranched alkanes of at least 4 members (excludes halogenated alkanes) is 1. The highest BCUT2D eigenvalue weighted by Gasteiger charge is 2.12. The van der Waals surface area contributed by atoms with E-state index >= 15 is 0 Å². The Morgan fingerprint density at radius 3 is 2.56 bits per heavy atom. The number of Topliss-reactive ketones (excluding diaryl/α,β-unsaturated/α-hetero) is 1. The van der Waals surface area contributed by atoms with E-state index in [1.165, 1.54) is 16.7 Å². The van der Waals surface area contributed by atoms with Crippen molar-refractivity contribution < 1.29 is 4.79 Å². The van der Waals surface area contributed by atoms with E-state index in [1.54, 1.807) is 0 Å². The third kappa shape index (κ3) is 2.70. The van der Waals surface area contributed by atoms with Crippen LogP contribution in [0.4, 0.5) is 0 Å². The highest BCUT2D eigenvalue weighted by Crippen LogP contribution is 2.20. The molecule has 0 bridgehead atoms. The van der Waals surface area contributed by atoms with Gasteiger partial charge >= 0.3 is 0 Å². The predicted octanol–water partition coefficient (Wildman–Crippen LogP) is 2.79. The summed E-state index contributed by atoms with van der Waals surface area (Å²) in [6, 6.07) is 3.93. The number of carbonyl (C=O) groups is 1. The lowest BCUT2D eigenvalue weighted by molar-refractivity contribution is 0.100. The van der Waals surface area contributed by atoms with Gasteiger partial charge in [-0.3, -0.25) is 4.79 Å². The highest BCUT2D eigenvalue weighted by atomic mass is 16.1. The molecular formula is C14H21NO. The second-order valence-electron chi connectivity index (χ2n) is 4.26. The molecule has 0 heterocycles. The van der Waals surface area contributed by atoms with E-state index in [1.807, 2.05) is 12.1 Å². The fourth-order valence-electron chi connectivity index (χ4n) is 1.92.